The zero-order valence-electron chi connectivity index (χ0n) is 9.30. The highest BCUT2D eigenvalue weighted by Crippen LogP contribution is 2.23. The quantitative estimate of drug-likeness (QED) is 0.631. The lowest BCUT2D eigenvalue weighted by Gasteiger charge is -2.22. The Morgan fingerprint density at radius 3 is 1.47 bits per heavy atom. The Balaban J connectivity index is 0.00000144. The summed E-state index contributed by atoms with van der Waals surface area (Å²) in [6.45, 7) is 0. The smallest absolute Gasteiger partial charge is 0.197 e. The Morgan fingerprint density at radius 2 is 1.18 bits per heavy atom. The fourth-order valence-corrected chi connectivity index (χ4v) is 1.58. The first kappa shape index (κ1) is 13.1. The van der Waals surface area contributed by atoms with E-state index < -0.39 is 0 Å². The molecule has 0 unspecified atom stereocenters. The number of nitrogens with zero attached hydrogens (tertiary/aromatic N) is 1. The number of hydrogen-bond donors (Lipinski definition) is 2. The van der Waals surface area contributed by atoms with Gasteiger partial charge in [-0.1, -0.05) is 36.4 Å². The Labute approximate surface area is 108 Å². The van der Waals surface area contributed by atoms with E-state index >= 15 is 0 Å². The van der Waals surface area contributed by atoms with Gasteiger partial charge in [0.25, 0.3) is 0 Å². The summed E-state index contributed by atoms with van der Waals surface area (Å²) >= 11 is 0. The molecule has 88 valence electrons. The molecule has 0 aliphatic heterocycles. The van der Waals surface area contributed by atoms with Crippen molar-refractivity contribution in [3.05, 3.63) is 60.7 Å². The molecule has 0 spiro atoms. The molecule has 2 aromatic rings. The fourth-order valence-electron chi connectivity index (χ4n) is 1.58. The number of nitrogens with two attached hydrogens (primary N) is 1. The largest absolute Gasteiger partial charge is 0.369 e. The third kappa shape index (κ3) is 3.01. The normalized spacial score (nSPS) is 9.18. The fraction of sp³-hybridized carbons (Fsp3) is 0. The van der Waals surface area contributed by atoms with Crippen LogP contribution in [0.15, 0.2) is 60.7 Å². The van der Waals surface area contributed by atoms with Gasteiger partial charge in [-0.25, -0.2) is 0 Å². The van der Waals surface area contributed by atoms with Crippen LogP contribution in [0, 0.1) is 5.41 Å². The topological polar surface area (TPSA) is 53.1 Å². The third-order valence-corrected chi connectivity index (χ3v) is 2.27. The Bertz CT molecular complexity index is 431. The standard InChI is InChI=1S/C13H13N3.H2S/c14-13(15)16(11-7-3-1-4-8-11)12-9-5-2-6-10-12;/h1-10H,(H3,14,15);1H2. The van der Waals surface area contributed by atoms with Gasteiger partial charge < -0.3 is 5.73 Å². The van der Waals surface area contributed by atoms with E-state index in [1.807, 2.05) is 60.7 Å². The van der Waals surface area contributed by atoms with E-state index in [-0.39, 0.29) is 19.5 Å². The highest BCUT2D eigenvalue weighted by Gasteiger charge is 2.10. The summed E-state index contributed by atoms with van der Waals surface area (Å²) in [5.74, 6) is 0.0115. The summed E-state index contributed by atoms with van der Waals surface area (Å²) in [7, 11) is 0. The summed E-state index contributed by atoms with van der Waals surface area (Å²) in [5, 5.41) is 7.63. The maximum Gasteiger partial charge on any atom is 0.197 e. The summed E-state index contributed by atoms with van der Waals surface area (Å²) in [4.78, 5) is 1.69. The average Bonchev–Trinajstić information content (AvgIpc) is 2.31. The molecule has 17 heavy (non-hydrogen) atoms. The minimum atomic E-state index is 0. The summed E-state index contributed by atoms with van der Waals surface area (Å²) in [6, 6.07) is 19.3. The Morgan fingerprint density at radius 1 is 0.824 bits per heavy atom. The number of anilines is 2. The lowest BCUT2D eigenvalue weighted by atomic mass is 10.2. The monoisotopic (exact) mass is 245 g/mol. The van der Waals surface area contributed by atoms with E-state index in [4.69, 9.17) is 11.1 Å². The second-order valence-electron chi connectivity index (χ2n) is 3.39. The number of benzene rings is 2. The van der Waals surface area contributed by atoms with Crippen LogP contribution in [0.25, 0.3) is 0 Å². The number of nitrogens with one attached hydrogen (secondary N) is 1. The molecule has 0 heterocycles. The molecule has 0 saturated heterocycles. The van der Waals surface area contributed by atoms with Gasteiger partial charge in [-0.05, 0) is 24.3 Å². The number of guanidine groups is 1. The van der Waals surface area contributed by atoms with Crippen molar-refractivity contribution in [1.82, 2.24) is 0 Å². The molecule has 0 amide bonds. The minimum Gasteiger partial charge on any atom is -0.369 e. The molecule has 4 heteroatoms. The lowest BCUT2D eigenvalue weighted by molar-refractivity contribution is 1.26. The van der Waals surface area contributed by atoms with Crippen molar-refractivity contribution >= 4 is 30.8 Å². The van der Waals surface area contributed by atoms with E-state index in [0.29, 0.717) is 0 Å². The van der Waals surface area contributed by atoms with Gasteiger partial charge in [-0.3, -0.25) is 10.3 Å². The predicted octanol–water partition coefficient (Wildman–Crippen LogP) is 2.83. The average molecular weight is 245 g/mol. The van der Waals surface area contributed by atoms with Gasteiger partial charge in [0.2, 0.25) is 0 Å². The van der Waals surface area contributed by atoms with Gasteiger partial charge in [-0.15, -0.1) is 0 Å². The first-order valence-corrected chi connectivity index (χ1v) is 5.03. The second kappa shape index (κ2) is 5.96. The molecule has 0 radical (unpaired) electrons. The van der Waals surface area contributed by atoms with Gasteiger partial charge in [-0.2, -0.15) is 13.5 Å². The van der Waals surface area contributed by atoms with Crippen molar-refractivity contribution in [3.8, 4) is 0 Å². The molecule has 3 nitrogen and oxygen atoms in total. The van der Waals surface area contributed by atoms with Crippen molar-refractivity contribution in [1.29, 1.82) is 5.41 Å². The molecule has 0 fully saturated rings. The molecule has 0 bridgehead atoms. The van der Waals surface area contributed by atoms with Gasteiger partial charge in [0.1, 0.15) is 0 Å². The summed E-state index contributed by atoms with van der Waals surface area (Å²) in [6.07, 6.45) is 0. The van der Waals surface area contributed by atoms with Crippen LogP contribution in [-0.4, -0.2) is 5.96 Å². The van der Waals surface area contributed by atoms with E-state index in [0.717, 1.165) is 11.4 Å². The highest BCUT2D eigenvalue weighted by molar-refractivity contribution is 7.59. The molecule has 2 rings (SSSR count). The molecule has 0 saturated carbocycles. The molecule has 0 atom stereocenters. The maximum atomic E-state index is 7.63. The zero-order chi connectivity index (χ0) is 11.4. The molecular weight excluding hydrogens is 230 g/mol. The Hall–Kier alpha value is -1.94. The van der Waals surface area contributed by atoms with Gasteiger partial charge >= 0.3 is 0 Å². The molecule has 0 aromatic heterocycles. The second-order valence-corrected chi connectivity index (χ2v) is 3.39. The lowest BCUT2D eigenvalue weighted by Crippen LogP contribution is -2.32. The van der Waals surface area contributed by atoms with E-state index in [9.17, 15) is 0 Å². The number of para-hydroxylation sites is 2. The van der Waals surface area contributed by atoms with Crippen molar-refractivity contribution < 1.29 is 0 Å². The van der Waals surface area contributed by atoms with E-state index in [1.165, 1.54) is 0 Å². The molecular formula is C13H15N3S. The summed E-state index contributed by atoms with van der Waals surface area (Å²) in [5.41, 5.74) is 7.39. The molecule has 2 aromatic carbocycles. The van der Waals surface area contributed by atoms with Crippen LogP contribution >= 0.6 is 13.5 Å². The first-order chi connectivity index (χ1) is 7.79. The number of rotatable bonds is 2. The highest BCUT2D eigenvalue weighted by atomic mass is 32.1. The summed E-state index contributed by atoms with van der Waals surface area (Å²) < 4.78 is 0. The van der Waals surface area contributed by atoms with E-state index in [1.54, 1.807) is 4.90 Å². The predicted molar refractivity (Wildman–Crippen MR) is 77.3 cm³/mol. The first-order valence-electron chi connectivity index (χ1n) is 5.03. The van der Waals surface area contributed by atoms with Crippen LogP contribution in [-0.2, 0) is 0 Å². The van der Waals surface area contributed by atoms with Crippen LogP contribution in [0.5, 0.6) is 0 Å². The molecule has 0 aliphatic carbocycles. The van der Waals surface area contributed by atoms with Gasteiger partial charge in [0.05, 0.1) is 0 Å². The Kier molecular flexibility index (Phi) is 4.60. The van der Waals surface area contributed by atoms with Crippen molar-refractivity contribution in [2.24, 2.45) is 5.73 Å². The minimum absolute atomic E-state index is 0. The third-order valence-electron chi connectivity index (χ3n) is 2.27. The van der Waals surface area contributed by atoms with Crippen LogP contribution in [0.1, 0.15) is 0 Å². The van der Waals surface area contributed by atoms with Crippen molar-refractivity contribution in [3.63, 3.8) is 0 Å². The SMILES string of the molecule is N=C(N)N(c1ccccc1)c1ccccc1.S. The van der Waals surface area contributed by atoms with Crippen molar-refractivity contribution in [2.45, 2.75) is 0 Å². The van der Waals surface area contributed by atoms with E-state index in [2.05, 4.69) is 0 Å². The number of hydrogen-bond acceptors (Lipinski definition) is 1. The maximum absolute atomic E-state index is 7.63. The van der Waals surface area contributed by atoms with Crippen LogP contribution < -0.4 is 10.6 Å². The van der Waals surface area contributed by atoms with Crippen LogP contribution in [0.2, 0.25) is 0 Å². The van der Waals surface area contributed by atoms with Crippen molar-refractivity contribution in [2.75, 3.05) is 4.90 Å². The zero-order valence-corrected chi connectivity index (χ0v) is 10.3. The van der Waals surface area contributed by atoms with Crippen LogP contribution in [0.4, 0.5) is 11.4 Å². The molecule has 3 N–H and O–H groups in total. The molecule has 0 aliphatic rings. The van der Waals surface area contributed by atoms with Gasteiger partial charge in [0.15, 0.2) is 5.96 Å². The van der Waals surface area contributed by atoms with Gasteiger partial charge in [0, 0.05) is 11.4 Å². The van der Waals surface area contributed by atoms with Crippen LogP contribution in [0.3, 0.4) is 0 Å².